The van der Waals surface area contributed by atoms with Gasteiger partial charge in [-0.15, -0.1) is 0 Å². The van der Waals surface area contributed by atoms with E-state index in [1.165, 1.54) is 32.4 Å². The Labute approximate surface area is 222 Å². The normalized spacial score (nSPS) is 43.0. The second-order valence-corrected chi connectivity index (χ2v) is 12.7. The molecule has 1 N–H and O–H groups in total. The summed E-state index contributed by atoms with van der Waals surface area (Å²) in [5.74, 6) is -2.36. The fourth-order valence-corrected chi connectivity index (χ4v) is 8.90. The van der Waals surface area contributed by atoms with Crippen molar-refractivity contribution in [2.24, 2.45) is 33.5 Å². The molecule has 2 saturated carbocycles. The van der Waals surface area contributed by atoms with Crippen molar-refractivity contribution in [3.8, 4) is 0 Å². The number of carbonyl (C=O) groups excluding carboxylic acids is 4. The van der Waals surface area contributed by atoms with E-state index in [-0.39, 0.29) is 11.7 Å². The van der Waals surface area contributed by atoms with Crippen molar-refractivity contribution in [1.29, 1.82) is 0 Å². The van der Waals surface area contributed by atoms with Crippen LogP contribution in [0.1, 0.15) is 66.9 Å². The third-order valence-electron chi connectivity index (χ3n) is 10.4. The van der Waals surface area contributed by atoms with Crippen molar-refractivity contribution in [2.45, 2.75) is 79.1 Å². The smallest absolute Gasteiger partial charge is 0.303 e. The molecule has 1 aromatic rings. The van der Waals surface area contributed by atoms with Gasteiger partial charge in [-0.2, -0.15) is 0 Å². The molecular weight excluding hydrogens is 488 g/mol. The maximum absolute atomic E-state index is 13.7. The number of fused-ring (bicyclic) bond motifs is 5. The van der Waals surface area contributed by atoms with E-state index in [2.05, 4.69) is 6.92 Å². The summed E-state index contributed by atoms with van der Waals surface area (Å²) >= 11 is 0. The van der Waals surface area contributed by atoms with E-state index in [9.17, 15) is 24.3 Å². The maximum Gasteiger partial charge on any atom is 0.303 e. The summed E-state index contributed by atoms with van der Waals surface area (Å²) in [7, 11) is 0. The number of carbonyl (C=O) groups is 4. The zero-order valence-electron chi connectivity index (χ0n) is 23.0. The Morgan fingerprint density at radius 2 is 1.68 bits per heavy atom. The zero-order chi connectivity index (χ0) is 28.1. The van der Waals surface area contributed by atoms with Gasteiger partial charge in [-0.05, 0) is 48.0 Å². The minimum Gasteiger partial charge on any atom is -0.472 e. The summed E-state index contributed by atoms with van der Waals surface area (Å²) in [4.78, 5) is 51.9. The van der Waals surface area contributed by atoms with E-state index < -0.39 is 63.1 Å². The van der Waals surface area contributed by atoms with Crippen LogP contribution in [-0.2, 0) is 34.3 Å². The molecule has 4 aliphatic carbocycles. The molecule has 1 aromatic heterocycles. The third kappa shape index (κ3) is 3.07. The quantitative estimate of drug-likeness (QED) is 0.588. The van der Waals surface area contributed by atoms with Crippen LogP contribution >= 0.6 is 0 Å². The van der Waals surface area contributed by atoms with Gasteiger partial charge in [-0.3, -0.25) is 19.2 Å². The van der Waals surface area contributed by atoms with Gasteiger partial charge in [-0.25, -0.2) is 0 Å². The Bertz CT molecular complexity index is 1290. The third-order valence-corrected chi connectivity index (χ3v) is 10.4. The fourth-order valence-electron chi connectivity index (χ4n) is 8.90. The van der Waals surface area contributed by atoms with Gasteiger partial charge in [0.15, 0.2) is 17.2 Å². The summed E-state index contributed by atoms with van der Waals surface area (Å²) in [5, 5.41) is 12.1. The highest BCUT2D eigenvalue weighted by molar-refractivity contribution is 6.03. The predicted octanol–water partition coefficient (Wildman–Crippen LogP) is 4.06. The zero-order valence-corrected chi connectivity index (χ0v) is 23.0. The molecule has 0 aliphatic heterocycles. The van der Waals surface area contributed by atoms with Gasteiger partial charge >= 0.3 is 11.9 Å². The lowest BCUT2D eigenvalue weighted by Gasteiger charge is -2.68. The molecule has 38 heavy (non-hydrogen) atoms. The van der Waals surface area contributed by atoms with E-state index in [1.807, 2.05) is 33.8 Å². The number of furan rings is 1. The lowest BCUT2D eigenvalue weighted by atomic mass is 9.37. The highest BCUT2D eigenvalue weighted by Gasteiger charge is 2.75. The lowest BCUT2D eigenvalue weighted by Crippen LogP contribution is -2.71. The first kappa shape index (κ1) is 26.6. The standard InChI is InChI=1S/C30H36O8/c1-16(31)37-23-24-26(3,4)21(33)9-11-27(24,5)19-8-12-28(6)20(29(19,7)25(23)38-17(2)32)14-22(34)30(28,35)18-10-13-36-15-18/h9-11,13-15,19,23-25,35H,8,12H2,1-7H3/t19-,23+,24-,25+,27-,28+,29+,30-/m0/s1. The van der Waals surface area contributed by atoms with E-state index in [4.69, 9.17) is 13.9 Å². The molecule has 0 radical (unpaired) electrons. The van der Waals surface area contributed by atoms with Gasteiger partial charge in [0.05, 0.1) is 12.5 Å². The van der Waals surface area contributed by atoms with E-state index in [1.54, 1.807) is 12.1 Å². The largest absolute Gasteiger partial charge is 0.472 e. The molecule has 4 aliphatic rings. The Balaban J connectivity index is 1.78. The summed E-state index contributed by atoms with van der Waals surface area (Å²) in [6.07, 6.45) is 6.92. The second-order valence-electron chi connectivity index (χ2n) is 12.7. The molecule has 0 bridgehead atoms. The molecule has 204 valence electrons. The van der Waals surface area contributed by atoms with Crippen LogP contribution in [0.5, 0.6) is 0 Å². The molecule has 0 amide bonds. The molecule has 1 heterocycles. The van der Waals surface area contributed by atoms with Gasteiger partial charge in [0.2, 0.25) is 0 Å². The van der Waals surface area contributed by atoms with Crippen molar-refractivity contribution >= 4 is 23.5 Å². The van der Waals surface area contributed by atoms with Crippen LogP contribution in [-0.4, -0.2) is 40.8 Å². The predicted molar refractivity (Wildman–Crippen MR) is 135 cm³/mol. The van der Waals surface area contributed by atoms with Crippen molar-refractivity contribution in [3.05, 3.63) is 48.0 Å². The molecule has 2 fully saturated rings. The second kappa shape index (κ2) is 8.01. The van der Waals surface area contributed by atoms with Crippen LogP contribution in [0.3, 0.4) is 0 Å². The average molecular weight is 525 g/mol. The van der Waals surface area contributed by atoms with Crippen molar-refractivity contribution < 1.29 is 38.2 Å². The van der Waals surface area contributed by atoms with E-state index in [0.29, 0.717) is 24.0 Å². The SMILES string of the molecule is CC(=O)O[C@H]1[C@@H](OC(C)=O)[C@@]2(C)C3=CC(=O)[C@@](O)(c4ccoc4)[C@]3(C)CC[C@H]2[C@]2(C)C=CC(=O)C(C)(C)[C@H]12. The number of allylic oxidation sites excluding steroid dienone is 2. The Morgan fingerprint density at radius 3 is 2.26 bits per heavy atom. The highest BCUT2D eigenvalue weighted by Crippen LogP contribution is 2.73. The molecule has 0 spiro atoms. The number of aliphatic hydroxyl groups is 1. The first-order valence-electron chi connectivity index (χ1n) is 13.2. The molecule has 0 aromatic carbocycles. The lowest BCUT2D eigenvalue weighted by molar-refractivity contribution is -0.241. The topological polar surface area (TPSA) is 120 Å². The Hall–Kier alpha value is -3.00. The number of hydrogen-bond acceptors (Lipinski definition) is 8. The molecule has 0 saturated heterocycles. The number of ether oxygens (including phenoxy) is 2. The number of ketones is 2. The van der Waals surface area contributed by atoms with Crippen LogP contribution in [0.25, 0.3) is 0 Å². The van der Waals surface area contributed by atoms with Crippen LogP contribution in [0.15, 0.2) is 46.8 Å². The molecular formula is C30H36O8. The molecule has 5 rings (SSSR count). The maximum atomic E-state index is 13.7. The number of rotatable bonds is 3. The van der Waals surface area contributed by atoms with Gasteiger partial charge in [0.25, 0.3) is 0 Å². The minimum absolute atomic E-state index is 0.0902. The first-order valence-corrected chi connectivity index (χ1v) is 13.2. The van der Waals surface area contributed by atoms with Gasteiger partial charge in [-0.1, -0.05) is 40.7 Å². The minimum atomic E-state index is -1.86. The number of hydrogen-bond donors (Lipinski definition) is 1. The van der Waals surface area contributed by atoms with Crippen molar-refractivity contribution in [3.63, 3.8) is 0 Å². The Morgan fingerprint density at radius 1 is 1.03 bits per heavy atom. The molecule has 0 unspecified atom stereocenters. The summed E-state index contributed by atoms with van der Waals surface area (Å²) < 4.78 is 17.3. The fraction of sp³-hybridized carbons (Fsp3) is 0.600. The van der Waals surface area contributed by atoms with Crippen LogP contribution < -0.4 is 0 Å². The van der Waals surface area contributed by atoms with Crippen LogP contribution in [0, 0.1) is 33.5 Å². The highest BCUT2D eigenvalue weighted by atomic mass is 16.6. The number of esters is 2. The van der Waals surface area contributed by atoms with E-state index in [0.717, 1.165) is 0 Å². The van der Waals surface area contributed by atoms with Gasteiger partial charge in [0, 0.05) is 41.6 Å². The summed E-state index contributed by atoms with van der Waals surface area (Å²) in [6.45, 7) is 12.1. The van der Waals surface area contributed by atoms with Crippen molar-refractivity contribution in [2.75, 3.05) is 0 Å². The van der Waals surface area contributed by atoms with E-state index >= 15 is 0 Å². The van der Waals surface area contributed by atoms with Crippen molar-refractivity contribution in [1.82, 2.24) is 0 Å². The van der Waals surface area contributed by atoms with Gasteiger partial charge in [0.1, 0.15) is 12.2 Å². The first-order chi connectivity index (χ1) is 17.6. The van der Waals surface area contributed by atoms with Crippen LogP contribution in [0.2, 0.25) is 0 Å². The molecule has 8 nitrogen and oxygen atoms in total. The summed E-state index contributed by atoms with van der Waals surface area (Å²) in [6, 6.07) is 1.59. The summed E-state index contributed by atoms with van der Waals surface area (Å²) in [5.41, 5.74) is -4.45. The molecule has 8 atom stereocenters. The average Bonchev–Trinajstić information content (AvgIpc) is 3.41. The van der Waals surface area contributed by atoms with Gasteiger partial charge < -0.3 is 19.0 Å². The Kier molecular flexibility index (Phi) is 5.61. The molecule has 8 heteroatoms. The van der Waals surface area contributed by atoms with Crippen LogP contribution in [0.4, 0.5) is 0 Å². The monoisotopic (exact) mass is 524 g/mol.